The fraction of sp³-hybridized carbons (Fsp3) is 0.318. The van der Waals surface area contributed by atoms with E-state index in [9.17, 15) is 4.79 Å². The van der Waals surface area contributed by atoms with Gasteiger partial charge < -0.3 is 9.47 Å². The van der Waals surface area contributed by atoms with Crippen LogP contribution in [0.15, 0.2) is 58.2 Å². The Hall–Kier alpha value is -2.16. The molecule has 1 aliphatic heterocycles. The van der Waals surface area contributed by atoms with Crippen LogP contribution in [0.2, 0.25) is 0 Å². The lowest BCUT2D eigenvalue weighted by Crippen LogP contribution is -2.17. The Morgan fingerprint density at radius 2 is 1.97 bits per heavy atom. The number of halogens is 1. The molecular weight excluding hydrogens is 466 g/mol. The second-order valence-electron chi connectivity index (χ2n) is 7.00. The molecule has 30 heavy (non-hydrogen) atoms. The van der Waals surface area contributed by atoms with Crippen LogP contribution in [0.25, 0.3) is 11.4 Å². The van der Waals surface area contributed by atoms with Gasteiger partial charge in [0.05, 0.1) is 25.5 Å². The number of Topliss-reactive ketones (excluding diaryl/α,β-unsaturated/α-hetero) is 1. The standard InChI is InChI=1S/C22H22BrN3O3S/c1-28-18-10-6-16(7-11-18)21-24-25-22(26(21)13-19-3-2-12-29-19)30-14-20(27)15-4-8-17(23)9-5-15/h4-11,19H,2-3,12-14H2,1H3. The molecule has 1 aromatic heterocycles. The van der Waals surface area contributed by atoms with Crippen molar-refractivity contribution in [2.24, 2.45) is 0 Å². The Bertz CT molecular complexity index is 999. The molecule has 1 unspecified atom stereocenters. The molecule has 0 bridgehead atoms. The molecule has 1 fully saturated rings. The summed E-state index contributed by atoms with van der Waals surface area (Å²) in [6.45, 7) is 1.46. The first kappa shape index (κ1) is 21.1. The van der Waals surface area contributed by atoms with Crippen molar-refractivity contribution in [1.82, 2.24) is 14.8 Å². The van der Waals surface area contributed by atoms with Crippen LogP contribution in [-0.2, 0) is 11.3 Å². The molecule has 2 aromatic carbocycles. The molecule has 0 spiro atoms. The van der Waals surface area contributed by atoms with Gasteiger partial charge in [0.25, 0.3) is 0 Å². The molecule has 0 aliphatic carbocycles. The van der Waals surface area contributed by atoms with Crippen LogP contribution in [0.4, 0.5) is 0 Å². The third-order valence-corrected chi connectivity index (χ3v) is 6.47. The molecule has 2 heterocycles. The molecule has 1 saturated heterocycles. The van der Waals surface area contributed by atoms with Gasteiger partial charge in [-0.15, -0.1) is 10.2 Å². The SMILES string of the molecule is COc1ccc(-c2nnc(SCC(=O)c3ccc(Br)cc3)n2CC2CCCO2)cc1. The molecule has 1 atom stereocenters. The number of rotatable bonds is 8. The number of ether oxygens (including phenoxy) is 2. The summed E-state index contributed by atoms with van der Waals surface area (Å²) in [5.74, 6) is 1.92. The first-order chi connectivity index (χ1) is 14.6. The van der Waals surface area contributed by atoms with Gasteiger partial charge in [-0.3, -0.25) is 9.36 Å². The molecule has 0 N–H and O–H groups in total. The highest BCUT2D eigenvalue weighted by Crippen LogP contribution is 2.28. The van der Waals surface area contributed by atoms with Crippen molar-refractivity contribution in [3.63, 3.8) is 0 Å². The number of carbonyl (C=O) groups is 1. The number of aromatic nitrogens is 3. The molecule has 156 valence electrons. The van der Waals surface area contributed by atoms with E-state index >= 15 is 0 Å². The van der Waals surface area contributed by atoms with E-state index in [-0.39, 0.29) is 11.9 Å². The smallest absolute Gasteiger partial charge is 0.192 e. The fourth-order valence-corrected chi connectivity index (χ4v) is 4.46. The lowest BCUT2D eigenvalue weighted by molar-refractivity contribution is 0.0953. The zero-order valence-corrected chi connectivity index (χ0v) is 19.0. The van der Waals surface area contributed by atoms with Gasteiger partial charge in [-0.1, -0.05) is 39.8 Å². The summed E-state index contributed by atoms with van der Waals surface area (Å²) in [4.78, 5) is 12.6. The van der Waals surface area contributed by atoms with Crippen LogP contribution >= 0.6 is 27.7 Å². The summed E-state index contributed by atoms with van der Waals surface area (Å²) >= 11 is 4.81. The van der Waals surface area contributed by atoms with Gasteiger partial charge in [0, 0.05) is 22.2 Å². The van der Waals surface area contributed by atoms with Crippen molar-refractivity contribution in [3.8, 4) is 17.1 Å². The summed E-state index contributed by atoms with van der Waals surface area (Å²) in [5, 5.41) is 9.53. The van der Waals surface area contributed by atoms with E-state index in [2.05, 4.69) is 30.7 Å². The number of hydrogen-bond acceptors (Lipinski definition) is 6. The van der Waals surface area contributed by atoms with E-state index in [4.69, 9.17) is 9.47 Å². The molecule has 3 aromatic rings. The largest absolute Gasteiger partial charge is 0.497 e. The Kier molecular flexibility index (Phi) is 6.86. The van der Waals surface area contributed by atoms with Crippen LogP contribution in [0.1, 0.15) is 23.2 Å². The first-order valence-electron chi connectivity index (χ1n) is 9.75. The second-order valence-corrected chi connectivity index (χ2v) is 8.86. The van der Waals surface area contributed by atoms with E-state index in [0.717, 1.165) is 46.2 Å². The summed E-state index contributed by atoms with van der Waals surface area (Å²) in [6.07, 6.45) is 2.22. The number of carbonyl (C=O) groups excluding carboxylic acids is 1. The average molecular weight is 488 g/mol. The fourth-order valence-electron chi connectivity index (χ4n) is 3.35. The Morgan fingerprint density at radius 1 is 1.20 bits per heavy atom. The molecule has 0 amide bonds. The molecule has 1 aliphatic rings. The predicted octanol–water partition coefficient (Wildman–Crippen LogP) is 4.87. The molecule has 0 radical (unpaired) electrons. The minimum atomic E-state index is 0.0603. The van der Waals surface area contributed by atoms with Crippen molar-refractivity contribution < 1.29 is 14.3 Å². The normalized spacial score (nSPS) is 16.0. The maximum atomic E-state index is 12.6. The number of nitrogens with zero attached hydrogens (tertiary/aromatic N) is 3. The predicted molar refractivity (Wildman–Crippen MR) is 120 cm³/mol. The molecule has 6 nitrogen and oxygen atoms in total. The zero-order chi connectivity index (χ0) is 20.9. The number of ketones is 1. The molecular formula is C22H22BrN3O3S. The summed E-state index contributed by atoms with van der Waals surface area (Å²) < 4.78 is 14.1. The summed E-state index contributed by atoms with van der Waals surface area (Å²) in [6, 6.07) is 15.2. The maximum Gasteiger partial charge on any atom is 0.192 e. The number of hydrogen-bond donors (Lipinski definition) is 0. The lowest BCUT2D eigenvalue weighted by atomic mass is 10.2. The van der Waals surface area contributed by atoms with E-state index in [1.165, 1.54) is 11.8 Å². The quantitative estimate of drug-likeness (QED) is 0.333. The van der Waals surface area contributed by atoms with E-state index < -0.39 is 0 Å². The first-order valence-corrected chi connectivity index (χ1v) is 11.5. The average Bonchev–Trinajstić information content (AvgIpc) is 3.43. The third kappa shape index (κ3) is 4.94. The Morgan fingerprint density at radius 3 is 2.63 bits per heavy atom. The van der Waals surface area contributed by atoms with Gasteiger partial charge in [-0.2, -0.15) is 0 Å². The van der Waals surface area contributed by atoms with E-state index in [0.29, 0.717) is 17.9 Å². The van der Waals surface area contributed by atoms with Crippen LogP contribution in [0.3, 0.4) is 0 Å². The summed E-state index contributed by atoms with van der Waals surface area (Å²) in [5.41, 5.74) is 1.64. The third-order valence-electron chi connectivity index (χ3n) is 4.97. The molecule has 4 rings (SSSR count). The van der Waals surface area contributed by atoms with Gasteiger partial charge in [0.2, 0.25) is 0 Å². The molecule has 0 saturated carbocycles. The van der Waals surface area contributed by atoms with Crippen LogP contribution in [-0.4, -0.2) is 46.1 Å². The van der Waals surface area contributed by atoms with Crippen molar-refractivity contribution in [1.29, 1.82) is 0 Å². The number of methoxy groups -OCH3 is 1. The van der Waals surface area contributed by atoms with Crippen LogP contribution in [0.5, 0.6) is 5.75 Å². The van der Waals surface area contributed by atoms with E-state index in [1.54, 1.807) is 7.11 Å². The zero-order valence-electron chi connectivity index (χ0n) is 16.6. The van der Waals surface area contributed by atoms with Crippen molar-refractivity contribution >= 4 is 33.5 Å². The summed E-state index contributed by atoms with van der Waals surface area (Å²) in [7, 11) is 1.64. The van der Waals surface area contributed by atoms with Gasteiger partial charge >= 0.3 is 0 Å². The van der Waals surface area contributed by atoms with Crippen molar-refractivity contribution in [3.05, 3.63) is 58.6 Å². The number of thioether (sulfide) groups is 1. The monoisotopic (exact) mass is 487 g/mol. The highest BCUT2D eigenvalue weighted by atomic mass is 79.9. The topological polar surface area (TPSA) is 66.2 Å². The highest BCUT2D eigenvalue weighted by Gasteiger charge is 2.22. The van der Waals surface area contributed by atoms with Crippen LogP contribution < -0.4 is 4.74 Å². The van der Waals surface area contributed by atoms with Gasteiger partial charge in [0.1, 0.15) is 5.75 Å². The van der Waals surface area contributed by atoms with Gasteiger partial charge in [-0.05, 0) is 49.2 Å². The van der Waals surface area contributed by atoms with E-state index in [1.807, 2.05) is 48.5 Å². The van der Waals surface area contributed by atoms with Crippen LogP contribution in [0, 0.1) is 0 Å². The minimum Gasteiger partial charge on any atom is -0.497 e. The minimum absolute atomic E-state index is 0.0603. The van der Waals surface area contributed by atoms with Gasteiger partial charge in [0.15, 0.2) is 16.8 Å². The number of benzene rings is 2. The van der Waals surface area contributed by atoms with Crippen molar-refractivity contribution in [2.75, 3.05) is 19.5 Å². The van der Waals surface area contributed by atoms with Gasteiger partial charge in [-0.25, -0.2) is 0 Å². The Balaban J connectivity index is 1.55. The second kappa shape index (κ2) is 9.76. The van der Waals surface area contributed by atoms with Crippen molar-refractivity contribution in [2.45, 2.75) is 30.6 Å². The maximum absolute atomic E-state index is 12.6. The highest BCUT2D eigenvalue weighted by molar-refractivity contribution is 9.10. The molecule has 8 heteroatoms. The lowest BCUT2D eigenvalue weighted by Gasteiger charge is -2.15. The Labute approximate surface area is 188 Å².